The van der Waals surface area contributed by atoms with Crippen LogP contribution in [0.2, 0.25) is 0 Å². The standard InChI is InChI=1S/C17H25FN4O3S/c1-11(23)21-15(7-8-26-2)16(24)22-13-3-5-14(6-4-13)25-17-19-9-12(18)10-20-17/h9-10,13-15H,3-8H2,1-2H3,(H,21,23)(H,22,24)/t13?,14?,15-/m0/s1. The van der Waals surface area contributed by atoms with Crippen molar-refractivity contribution in [2.24, 2.45) is 0 Å². The summed E-state index contributed by atoms with van der Waals surface area (Å²) in [6.07, 6.45) is 7.72. The highest BCUT2D eigenvalue weighted by atomic mass is 32.2. The predicted octanol–water partition coefficient (Wildman–Crippen LogP) is 1.68. The summed E-state index contributed by atoms with van der Waals surface area (Å²) in [6.45, 7) is 1.42. The molecular weight excluding hydrogens is 359 g/mol. The summed E-state index contributed by atoms with van der Waals surface area (Å²) in [4.78, 5) is 31.3. The van der Waals surface area contributed by atoms with E-state index in [2.05, 4.69) is 20.6 Å². The average Bonchev–Trinajstić information content (AvgIpc) is 2.62. The van der Waals surface area contributed by atoms with Gasteiger partial charge in [-0.25, -0.2) is 14.4 Å². The van der Waals surface area contributed by atoms with Crippen molar-refractivity contribution in [2.45, 2.75) is 57.2 Å². The Morgan fingerprint density at radius 1 is 1.31 bits per heavy atom. The minimum absolute atomic E-state index is 0.0451. The van der Waals surface area contributed by atoms with Crippen LogP contribution in [0.25, 0.3) is 0 Å². The van der Waals surface area contributed by atoms with Crippen LogP contribution in [-0.4, -0.2) is 52.0 Å². The van der Waals surface area contributed by atoms with Gasteiger partial charge in [0, 0.05) is 13.0 Å². The molecule has 1 fully saturated rings. The number of nitrogens with zero attached hydrogens (tertiary/aromatic N) is 2. The summed E-state index contributed by atoms with van der Waals surface area (Å²) in [5.74, 6) is -0.0431. The molecule has 0 radical (unpaired) electrons. The van der Waals surface area contributed by atoms with Crippen LogP contribution in [0.15, 0.2) is 12.4 Å². The molecule has 1 saturated carbocycles. The molecule has 2 N–H and O–H groups in total. The Balaban J connectivity index is 1.78. The minimum Gasteiger partial charge on any atom is -0.460 e. The number of nitrogens with one attached hydrogen (secondary N) is 2. The molecular formula is C17H25FN4O3S. The van der Waals surface area contributed by atoms with E-state index < -0.39 is 11.9 Å². The molecule has 1 heterocycles. The van der Waals surface area contributed by atoms with E-state index in [-0.39, 0.29) is 30.0 Å². The number of aromatic nitrogens is 2. The molecule has 1 atom stereocenters. The lowest BCUT2D eigenvalue weighted by atomic mass is 9.92. The number of rotatable bonds is 8. The van der Waals surface area contributed by atoms with Gasteiger partial charge in [-0.15, -0.1) is 0 Å². The Morgan fingerprint density at radius 3 is 2.54 bits per heavy atom. The zero-order chi connectivity index (χ0) is 18.9. The molecule has 0 unspecified atom stereocenters. The maximum absolute atomic E-state index is 12.8. The fraction of sp³-hybridized carbons (Fsp3) is 0.647. The third-order valence-electron chi connectivity index (χ3n) is 4.19. The van der Waals surface area contributed by atoms with Crippen LogP contribution in [0, 0.1) is 5.82 Å². The van der Waals surface area contributed by atoms with E-state index in [9.17, 15) is 14.0 Å². The normalized spacial score (nSPS) is 20.9. The maximum atomic E-state index is 12.8. The second-order valence-electron chi connectivity index (χ2n) is 6.32. The largest absolute Gasteiger partial charge is 0.460 e. The molecule has 26 heavy (non-hydrogen) atoms. The Labute approximate surface area is 156 Å². The molecule has 7 nitrogen and oxygen atoms in total. The summed E-state index contributed by atoms with van der Waals surface area (Å²) < 4.78 is 18.5. The highest BCUT2D eigenvalue weighted by Crippen LogP contribution is 2.22. The number of amides is 2. The first-order valence-corrected chi connectivity index (χ1v) is 10.1. The van der Waals surface area contributed by atoms with Gasteiger partial charge in [-0.3, -0.25) is 9.59 Å². The molecule has 1 aromatic heterocycles. The molecule has 9 heteroatoms. The van der Waals surface area contributed by atoms with Gasteiger partial charge in [-0.2, -0.15) is 11.8 Å². The van der Waals surface area contributed by atoms with Crippen molar-refractivity contribution in [1.29, 1.82) is 0 Å². The summed E-state index contributed by atoms with van der Waals surface area (Å²) in [5, 5.41) is 5.74. The van der Waals surface area contributed by atoms with Gasteiger partial charge < -0.3 is 15.4 Å². The number of hydrogen-bond acceptors (Lipinski definition) is 6. The van der Waals surface area contributed by atoms with Gasteiger partial charge in [0.25, 0.3) is 0 Å². The second-order valence-corrected chi connectivity index (χ2v) is 7.30. The molecule has 0 aliphatic heterocycles. The zero-order valence-corrected chi connectivity index (χ0v) is 15.9. The summed E-state index contributed by atoms with van der Waals surface area (Å²) in [5.41, 5.74) is 0. The van der Waals surface area contributed by atoms with E-state index >= 15 is 0 Å². The zero-order valence-electron chi connectivity index (χ0n) is 15.0. The SMILES string of the molecule is CSCC[C@H](NC(C)=O)C(=O)NC1CCC(Oc2ncc(F)cn2)CC1. The molecule has 144 valence electrons. The lowest BCUT2D eigenvalue weighted by Gasteiger charge is -2.30. The second kappa shape index (κ2) is 10.3. The Kier molecular flexibility index (Phi) is 8.08. The smallest absolute Gasteiger partial charge is 0.316 e. The van der Waals surface area contributed by atoms with E-state index in [1.54, 1.807) is 11.8 Å². The van der Waals surface area contributed by atoms with E-state index in [4.69, 9.17) is 4.74 Å². The first-order chi connectivity index (χ1) is 12.5. The number of ether oxygens (including phenoxy) is 1. The van der Waals surface area contributed by atoms with Crippen LogP contribution in [0.4, 0.5) is 4.39 Å². The van der Waals surface area contributed by atoms with Crippen molar-refractivity contribution in [2.75, 3.05) is 12.0 Å². The van der Waals surface area contributed by atoms with E-state index in [1.807, 2.05) is 6.26 Å². The maximum Gasteiger partial charge on any atom is 0.316 e. The van der Waals surface area contributed by atoms with E-state index in [0.717, 1.165) is 43.8 Å². The van der Waals surface area contributed by atoms with Crippen LogP contribution in [-0.2, 0) is 9.59 Å². The monoisotopic (exact) mass is 384 g/mol. The fourth-order valence-electron chi connectivity index (χ4n) is 2.89. The number of carbonyl (C=O) groups excluding carboxylic acids is 2. The average molecular weight is 384 g/mol. The number of hydrogen-bond donors (Lipinski definition) is 2. The van der Waals surface area contributed by atoms with Crippen LogP contribution >= 0.6 is 11.8 Å². The number of carbonyl (C=O) groups is 2. The quantitative estimate of drug-likeness (QED) is 0.708. The van der Waals surface area contributed by atoms with Crippen molar-refractivity contribution >= 4 is 23.6 Å². The molecule has 0 aromatic carbocycles. The summed E-state index contributed by atoms with van der Waals surface area (Å²) in [6, 6.07) is -0.273. The first kappa shape index (κ1) is 20.4. The topological polar surface area (TPSA) is 93.2 Å². The van der Waals surface area contributed by atoms with Crippen molar-refractivity contribution in [1.82, 2.24) is 20.6 Å². The van der Waals surface area contributed by atoms with Crippen LogP contribution in [0.3, 0.4) is 0 Å². The third kappa shape index (κ3) is 6.78. The molecule has 0 saturated heterocycles. The van der Waals surface area contributed by atoms with Crippen LogP contribution in [0.1, 0.15) is 39.0 Å². The molecule has 1 aromatic rings. The summed E-state index contributed by atoms with van der Waals surface area (Å²) in [7, 11) is 0. The number of thioether (sulfide) groups is 1. The van der Waals surface area contributed by atoms with Gasteiger partial charge in [0.15, 0.2) is 5.82 Å². The predicted molar refractivity (Wildman–Crippen MR) is 97.4 cm³/mol. The lowest BCUT2D eigenvalue weighted by molar-refractivity contribution is -0.128. The highest BCUT2D eigenvalue weighted by molar-refractivity contribution is 7.98. The third-order valence-corrected chi connectivity index (χ3v) is 4.84. The van der Waals surface area contributed by atoms with Gasteiger partial charge in [0.2, 0.25) is 11.8 Å². The summed E-state index contributed by atoms with van der Waals surface area (Å²) >= 11 is 1.64. The molecule has 2 rings (SSSR count). The minimum atomic E-state index is -0.501. The van der Waals surface area contributed by atoms with Crippen LogP contribution in [0.5, 0.6) is 6.01 Å². The number of halogens is 1. The Hall–Kier alpha value is -1.90. The Bertz CT molecular complexity index is 594. The molecule has 1 aliphatic carbocycles. The van der Waals surface area contributed by atoms with Crippen molar-refractivity contribution in [3.05, 3.63) is 18.2 Å². The molecule has 1 aliphatic rings. The van der Waals surface area contributed by atoms with Gasteiger partial charge in [0.05, 0.1) is 12.4 Å². The van der Waals surface area contributed by atoms with Gasteiger partial charge in [0.1, 0.15) is 12.1 Å². The molecule has 0 bridgehead atoms. The fourth-order valence-corrected chi connectivity index (χ4v) is 3.36. The van der Waals surface area contributed by atoms with Crippen molar-refractivity contribution in [3.8, 4) is 6.01 Å². The van der Waals surface area contributed by atoms with Crippen LogP contribution < -0.4 is 15.4 Å². The van der Waals surface area contributed by atoms with E-state index in [0.29, 0.717) is 6.42 Å². The van der Waals surface area contributed by atoms with Crippen molar-refractivity contribution < 1.29 is 18.7 Å². The Morgan fingerprint density at radius 2 is 1.96 bits per heavy atom. The lowest BCUT2D eigenvalue weighted by Crippen LogP contribution is -2.50. The molecule has 0 spiro atoms. The van der Waals surface area contributed by atoms with Gasteiger partial charge >= 0.3 is 6.01 Å². The van der Waals surface area contributed by atoms with Crippen molar-refractivity contribution in [3.63, 3.8) is 0 Å². The van der Waals surface area contributed by atoms with Gasteiger partial charge in [-0.05, 0) is 44.1 Å². The highest BCUT2D eigenvalue weighted by Gasteiger charge is 2.27. The van der Waals surface area contributed by atoms with Gasteiger partial charge in [-0.1, -0.05) is 0 Å². The van der Waals surface area contributed by atoms with E-state index in [1.165, 1.54) is 6.92 Å². The first-order valence-electron chi connectivity index (χ1n) is 8.68. The molecule has 2 amide bonds.